The molecule has 2 aliphatic rings. The fraction of sp³-hybridized carbons (Fsp3) is 0.400. The van der Waals surface area contributed by atoms with Crippen LogP contribution in [0.25, 0.3) is 0 Å². The minimum Gasteiger partial charge on any atom is -0.326 e. The van der Waals surface area contributed by atoms with Gasteiger partial charge in [-0.2, -0.15) is 5.10 Å². The molecule has 0 spiro atoms. The minimum absolute atomic E-state index is 0.0203. The van der Waals surface area contributed by atoms with E-state index in [0.29, 0.717) is 18.7 Å². The smallest absolute Gasteiger partial charge is 0.243 e. The predicted molar refractivity (Wildman–Crippen MR) is 81.3 cm³/mol. The fourth-order valence-corrected chi connectivity index (χ4v) is 2.66. The number of halogens is 1. The zero-order valence-corrected chi connectivity index (χ0v) is 12.2. The lowest BCUT2D eigenvalue weighted by atomic mass is 10.0. The number of carbonyl (C=O) groups is 2. The number of rotatable bonds is 5. The van der Waals surface area contributed by atoms with Crippen molar-refractivity contribution in [1.82, 2.24) is 5.43 Å². The van der Waals surface area contributed by atoms with Crippen molar-refractivity contribution in [3.8, 4) is 0 Å². The van der Waals surface area contributed by atoms with Crippen LogP contribution in [0.15, 0.2) is 29.4 Å². The van der Waals surface area contributed by atoms with E-state index < -0.39 is 0 Å². The maximum Gasteiger partial charge on any atom is 0.243 e. The molecule has 2 atom stereocenters. The molecule has 1 aromatic rings. The first-order chi connectivity index (χ1) is 10.2. The number of hydrazone groups is 1. The molecule has 110 valence electrons. The van der Waals surface area contributed by atoms with Crippen molar-refractivity contribution in [2.24, 2.45) is 16.9 Å². The van der Waals surface area contributed by atoms with Gasteiger partial charge < -0.3 is 5.32 Å². The van der Waals surface area contributed by atoms with Crippen LogP contribution in [0.5, 0.6) is 0 Å². The summed E-state index contributed by atoms with van der Waals surface area (Å²) in [6.07, 6.45) is 1.97. The molecule has 2 unspecified atom stereocenters. The Morgan fingerprint density at radius 3 is 2.81 bits per heavy atom. The lowest BCUT2D eigenvalue weighted by molar-refractivity contribution is -0.122. The standard InChI is InChI=1S/C15H16ClN3O2/c16-7-1-2-13(20)17-10-5-3-9(4-6-10)14-11-8-12(11)15(21)19-18-14/h3-6,11-12H,1-2,7-8H2,(H,17,20)(H,19,21). The Morgan fingerprint density at radius 2 is 2.10 bits per heavy atom. The van der Waals surface area contributed by atoms with Crippen LogP contribution < -0.4 is 10.7 Å². The summed E-state index contributed by atoms with van der Waals surface area (Å²) in [6, 6.07) is 7.54. The Labute approximate surface area is 127 Å². The van der Waals surface area contributed by atoms with Gasteiger partial charge in [-0.25, -0.2) is 5.43 Å². The second kappa shape index (κ2) is 5.85. The van der Waals surface area contributed by atoms with Crippen molar-refractivity contribution in [2.45, 2.75) is 19.3 Å². The highest BCUT2D eigenvalue weighted by molar-refractivity contribution is 6.18. The molecular formula is C15H16ClN3O2. The highest BCUT2D eigenvalue weighted by atomic mass is 35.5. The van der Waals surface area contributed by atoms with Crippen molar-refractivity contribution in [3.05, 3.63) is 29.8 Å². The summed E-state index contributed by atoms with van der Waals surface area (Å²) < 4.78 is 0. The number of amides is 2. The van der Waals surface area contributed by atoms with E-state index in [1.807, 2.05) is 24.3 Å². The molecular weight excluding hydrogens is 290 g/mol. The van der Waals surface area contributed by atoms with Gasteiger partial charge in [-0.1, -0.05) is 12.1 Å². The third kappa shape index (κ3) is 3.08. The first-order valence-electron chi connectivity index (χ1n) is 7.02. The minimum atomic E-state index is -0.0343. The molecule has 0 radical (unpaired) electrons. The number of nitrogens with one attached hydrogen (secondary N) is 2. The van der Waals surface area contributed by atoms with E-state index in [1.54, 1.807) is 0 Å². The van der Waals surface area contributed by atoms with Gasteiger partial charge in [0, 0.05) is 29.8 Å². The van der Waals surface area contributed by atoms with Crippen LogP contribution in [-0.4, -0.2) is 23.4 Å². The predicted octanol–water partition coefficient (Wildman–Crippen LogP) is 2.11. The molecule has 1 aromatic carbocycles. The molecule has 2 amide bonds. The van der Waals surface area contributed by atoms with E-state index in [4.69, 9.17) is 11.6 Å². The van der Waals surface area contributed by atoms with Crippen molar-refractivity contribution in [2.75, 3.05) is 11.2 Å². The topological polar surface area (TPSA) is 70.6 Å². The number of carbonyl (C=O) groups excluding carboxylic acids is 2. The van der Waals surface area contributed by atoms with Gasteiger partial charge in [-0.15, -0.1) is 11.6 Å². The molecule has 0 bridgehead atoms. The summed E-state index contributed by atoms with van der Waals surface area (Å²) in [5.41, 5.74) is 5.23. The summed E-state index contributed by atoms with van der Waals surface area (Å²) in [5.74, 6) is 0.815. The van der Waals surface area contributed by atoms with Crippen LogP contribution in [0.1, 0.15) is 24.8 Å². The fourth-order valence-electron chi connectivity index (χ4n) is 2.52. The maximum absolute atomic E-state index is 11.6. The molecule has 2 N–H and O–H groups in total. The number of hydrogen-bond acceptors (Lipinski definition) is 3. The van der Waals surface area contributed by atoms with E-state index in [9.17, 15) is 9.59 Å². The molecule has 1 aliphatic heterocycles. The lowest BCUT2D eigenvalue weighted by Gasteiger charge is -2.12. The second-order valence-corrected chi connectivity index (χ2v) is 5.72. The maximum atomic E-state index is 11.6. The number of hydrogen-bond donors (Lipinski definition) is 2. The summed E-state index contributed by atoms with van der Waals surface area (Å²) in [5, 5.41) is 6.98. The van der Waals surface area contributed by atoms with E-state index in [1.165, 1.54) is 0 Å². The first kappa shape index (κ1) is 14.1. The second-order valence-electron chi connectivity index (χ2n) is 5.34. The molecule has 6 heteroatoms. The van der Waals surface area contributed by atoms with Gasteiger partial charge in [-0.05, 0) is 30.5 Å². The number of nitrogens with zero attached hydrogens (tertiary/aromatic N) is 1. The van der Waals surface area contributed by atoms with E-state index in [-0.39, 0.29) is 23.7 Å². The number of benzene rings is 1. The van der Waals surface area contributed by atoms with E-state index in [0.717, 1.165) is 23.4 Å². The average molecular weight is 306 g/mol. The summed E-state index contributed by atoms with van der Waals surface area (Å²) in [7, 11) is 0. The Balaban J connectivity index is 1.65. The highest BCUT2D eigenvalue weighted by Gasteiger charge is 2.49. The number of anilines is 1. The monoisotopic (exact) mass is 305 g/mol. The Morgan fingerprint density at radius 1 is 1.33 bits per heavy atom. The molecule has 21 heavy (non-hydrogen) atoms. The zero-order valence-electron chi connectivity index (χ0n) is 11.4. The van der Waals surface area contributed by atoms with Gasteiger partial charge in [0.05, 0.1) is 5.71 Å². The molecule has 5 nitrogen and oxygen atoms in total. The van der Waals surface area contributed by atoms with Crippen molar-refractivity contribution >= 4 is 34.8 Å². The van der Waals surface area contributed by atoms with Crippen LogP contribution in [0.3, 0.4) is 0 Å². The van der Waals surface area contributed by atoms with Gasteiger partial charge in [0.1, 0.15) is 0 Å². The molecule has 3 rings (SSSR count). The summed E-state index contributed by atoms with van der Waals surface area (Å²) in [4.78, 5) is 23.0. The Kier molecular flexibility index (Phi) is 3.92. The Bertz CT molecular complexity index is 597. The van der Waals surface area contributed by atoms with Crippen LogP contribution in [0.2, 0.25) is 0 Å². The normalized spacial score (nSPS) is 22.9. The zero-order chi connectivity index (χ0) is 14.8. The van der Waals surface area contributed by atoms with Gasteiger partial charge in [0.15, 0.2) is 0 Å². The molecule has 0 aromatic heterocycles. The molecule has 0 saturated heterocycles. The van der Waals surface area contributed by atoms with Crippen molar-refractivity contribution < 1.29 is 9.59 Å². The molecule has 1 heterocycles. The largest absolute Gasteiger partial charge is 0.326 e. The molecule has 1 fully saturated rings. The van der Waals surface area contributed by atoms with Gasteiger partial charge in [0.2, 0.25) is 11.8 Å². The third-order valence-electron chi connectivity index (χ3n) is 3.77. The van der Waals surface area contributed by atoms with E-state index in [2.05, 4.69) is 15.8 Å². The number of fused-ring (bicyclic) bond motifs is 1. The van der Waals surface area contributed by atoms with E-state index >= 15 is 0 Å². The summed E-state index contributed by atoms with van der Waals surface area (Å²) in [6.45, 7) is 0. The first-order valence-corrected chi connectivity index (χ1v) is 7.56. The van der Waals surface area contributed by atoms with Crippen molar-refractivity contribution in [1.29, 1.82) is 0 Å². The lowest BCUT2D eigenvalue weighted by Crippen LogP contribution is -2.28. The number of alkyl halides is 1. The SMILES string of the molecule is O=C(CCCCl)Nc1ccc(C2=NNC(=O)C3CC23)cc1. The van der Waals surface area contributed by atoms with Crippen LogP contribution >= 0.6 is 11.6 Å². The Hall–Kier alpha value is -1.88. The summed E-state index contributed by atoms with van der Waals surface area (Å²) >= 11 is 5.56. The van der Waals surface area contributed by atoms with Gasteiger partial charge in [0.25, 0.3) is 0 Å². The van der Waals surface area contributed by atoms with Crippen molar-refractivity contribution in [3.63, 3.8) is 0 Å². The van der Waals surface area contributed by atoms with Crippen LogP contribution in [0.4, 0.5) is 5.69 Å². The quantitative estimate of drug-likeness (QED) is 0.818. The van der Waals surface area contributed by atoms with Gasteiger partial charge in [-0.3, -0.25) is 9.59 Å². The average Bonchev–Trinajstić information content (AvgIpc) is 3.28. The van der Waals surface area contributed by atoms with Gasteiger partial charge >= 0.3 is 0 Å². The highest BCUT2D eigenvalue weighted by Crippen LogP contribution is 2.43. The van der Waals surface area contributed by atoms with Crippen LogP contribution in [-0.2, 0) is 9.59 Å². The van der Waals surface area contributed by atoms with Crippen LogP contribution in [0, 0.1) is 11.8 Å². The molecule has 1 saturated carbocycles. The third-order valence-corrected chi connectivity index (χ3v) is 4.03. The molecule has 1 aliphatic carbocycles.